The van der Waals surface area contributed by atoms with Crippen LogP contribution in [-0.4, -0.2) is 25.9 Å². The van der Waals surface area contributed by atoms with E-state index in [2.05, 4.69) is 6.07 Å². The molecule has 2 aromatic rings. The number of fused-ring (bicyclic) bond motifs is 1. The smallest absolute Gasteiger partial charge is 0.258 e. The molecule has 0 saturated heterocycles. The first-order valence-electron chi connectivity index (χ1n) is 9.59. The number of methoxy groups -OCH3 is 3. The van der Waals surface area contributed by atoms with Gasteiger partial charge in [-0.2, -0.15) is 5.26 Å². The molecule has 1 unspecified atom stereocenters. The number of hydrogen-bond donors (Lipinski definition) is 1. The van der Waals surface area contributed by atoms with Crippen LogP contribution in [0.2, 0.25) is 0 Å². The lowest BCUT2D eigenvalue weighted by molar-refractivity contribution is 0.321. The third-order valence-corrected chi connectivity index (χ3v) is 5.58. The van der Waals surface area contributed by atoms with Gasteiger partial charge in [-0.05, 0) is 25.8 Å². The van der Waals surface area contributed by atoms with Crippen molar-refractivity contribution in [2.75, 3.05) is 21.3 Å². The third-order valence-electron chi connectivity index (χ3n) is 5.58. The van der Waals surface area contributed by atoms with Crippen molar-refractivity contribution in [2.24, 2.45) is 5.73 Å². The molecule has 1 aromatic carbocycles. The summed E-state index contributed by atoms with van der Waals surface area (Å²) in [6, 6.07) is 7.56. The number of nitriles is 1. The normalized spacial score (nSPS) is 17.6. The number of aromatic nitrogens is 1. The molecule has 1 fully saturated rings. The van der Waals surface area contributed by atoms with Gasteiger partial charge in [0.2, 0.25) is 11.6 Å². The van der Waals surface area contributed by atoms with Crippen LogP contribution in [0.4, 0.5) is 0 Å². The second-order valence-electron chi connectivity index (χ2n) is 7.32. The van der Waals surface area contributed by atoms with Crippen molar-refractivity contribution in [3.05, 3.63) is 56.8 Å². The number of pyridine rings is 1. The minimum Gasteiger partial charge on any atom is -0.493 e. The van der Waals surface area contributed by atoms with Crippen molar-refractivity contribution in [1.82, 2.24) is 4.57 Å². The van der Waals surface area contributed by atoms with Gasteiger partial charge in [0.25, 0.3) is 5.56 Å². The lowest BCUT2D eigenvalue weighted by Crippen LogP contribution is -2.32. The van der Waals surface area contributed by atoms with Crippen molar-refractivity contribution in [1.29, 1.82) is 5.26 Å². The highest BCUT2D eigenvalue weighted by atomic mass is 16.5. The molecule has 1 saturated carbocycles. The zero-order valence-corrected chi connectivity index (χ0v) is 17.3. The van der Waals surface area contributed by atoms with E-state index in [0.717, 1.165) is 18.5 Å². The van der Waals surface area contributed by atoms with Crippen molar-refractivity contribution in [3.8, 4) is 29.1 Å². The van der Waals surface area contributed by atoms with Gasteiger partial charge < -0.3 is 29.2 Å². The quantitative estimate of drug-likeness (QED) is 0.809. The van der Waals surface area contributed by atoms with E-state index < -0.39 is 5.92 Å². The molecule has 30 heavy (non-hydrogen) atoms. The van der Waals surface area contributed by atoms with Gasteiger partial charge in [0.15, 0.2) is 11.5 Å². The molecule has 0 amide bonds. The van der Waals surface area contributed by atoms with E-state index in [1.54, 1.807) is 22.8 Å². The van der Waals surface area contributed by atoms with Crippen molar-refractivity contribution < 1.29 is 18.9 Å². The van der Waals surface area contributed by atoms with Gasteiger partial charge in [-0.15, -0.1) is 0 Å². The minimum atomic E-state index is -0.758. The van der Waals surface area contributed by atoms with Gasteiger partial charge in [0.05, 0.1) is 32.8 Å². The van der Waals surface area contributed by atoms with Crippen LogP contribution in [-0.2, 0) is 0 Å². The molecular weight excluding hydrogens is 386 g/mol. The molecule has 156 valence electrons. The second kappa shape index (κ2) is 7.34. The topological polar surface area (TPSA) is 109 Å². The molecule has 1 aliphatic carbocycles. The van der Waals surface area contributed by atoms with Crippen LogP contribution >= 0.6 is 0 Å². The molecule has 0 radical (unpaired) electrons. The average molecular weight is 409 g/mol. The van der Waals surface area contributed by atoms with Crippen LogP contribution in [0, 0.1) is 18.3 Å². The number of aryl methyl sites for hydroxylation is 1. The lowest BCUT2D eigenvalue weighted by Gasteiger charge is -2.29. The molecule has 1 atom stereocenters. The highest BCUT2D eigenvalue weighted by molar-refractivity contribution is 5.64. The van der Waals surface area contributed by atoms with E-state index in [1.165, 1.54) is 21.3 Å². The Morgan fingerprint density at radius 2 is 1.87 bits per heavy atom. The molecule has 2 aliphatic rings. The molecule has 2 heterocycles. The number of ether oxygens (including phenoxy) is 4. The average Bonchev–Trinajstić information content (AvgIpc) is 3.56. The number of rotatable bonds is 5. The van der Waals surface area contributed by atoms with Gasteiger partial charge in [-0.3, -0.25) is 4.79 Å². The maximum atomic E-state index is 13.6. The first-order valence-corrected chi connectivity index (χ1v) is 9.59. The highest BCUT2D eigenvalue weighted by Gasteiger charge is 2.38. The van der Waals surface area contributed by atoms with Crippen molar-refractivity contribution >= 4 is 0 Å². The summed E-state index contributed by atoms with van der Waals surface area (Å²) in [6.45, 7) is 1.87. The number of nitrogens with zero attached hydrogens (tertiary/aromatic N) is 2. The van der Waals surface area contributed by atoms with Crippen LogP contribution in [0.15, 0.2) is 34.4 Å². The van der Waals surface area contributed by atoms with E-state index >= 15 is 0 Å². The van der Waals surface area contributed by atoms with Crippen molar-refractivity contribution in [2.45, 2.75) is 31.7 Å². The van der Waals surface area contributed by atoms with Crippen LogP contribution < -0.4 is 30.2 Å². The van der Waals surface area contributed by atoms with Crippen LogP contribution in [0.1, 0.15) is 41.6 Å². The van der Waals surface area contributed by atoms with Gasteiger partial charge in [0.1, 0.15) is 17.4 Å². The summed E-state index contributed by atoms with van der Waals surface area (Å²) in [5.74, 6) is 0.776. The predicted molar refractivity (Wildman–Crippen MR) is 109 cm³/mol. The summed E-state index contributed by atoms with van der Waals surface area (Å²) >= 11 is 0. The van der Waals surface area contributed by atoms with Crippen LogP contribution in [0.5, 0.6) is 23.0 Å². The molecule has 0 spiro atoms. The molecule has 0 bridgehead atoms. The Hall–Kier alpha value is -3.60. The summed E-state index contributed by atoms with van der Waals surface area (Å²) in [4.78, 5) is 13.6. The van der Waals surface area contributed by atoms with Gasteiger partial charge in [-0.25, -0.2) is 0 Å². The molecular formula is C22H23N3O5. The molecule has 4 rings (SSSR count). The first-order chi connectivity index (χ1) is 14.5. The van der Waals surface area contributed by atoms with E-state index in [0.29, 0.717) is 34.1 Å². The summed E-state index contributed by atoms with van der Waals surface area (Å²) < 4.78 is 24.0. The maximum Gasteiger partial charge on any atom is 0.258 e. The Morgan fingerprint density at radius 1 is 1.17 bits per heavy atom. The summed E-state index contributed by atoms with van der Waals surface area (Å²) in [5.41, 5.74) is 7.79. The van der Waals surface area contributed by atoms with E-state index in [1.807, 2.05) is 6.92 Å². The predicted octanol–water partition coefficient (Wildman–Crippen LogP) is 2.74. The Labute approximate surface area is 174 Å². The molecule has 8 heteroatoms. The first kappa shape index (κ1) is 19.7. The van der Waals surface area contributed by atoms with Gasteiger partial charge in [-0.1, -0.05) is 6.07 Å². The maximum absolute atomic E-state index is 13.6. The standard InChI is InChI=1S/C22H23N3O5/c1-11-9-16-18(22(26)25(11)12-5-6-12)17(14(10-23)21(24)30-16)13-7-8-15(27-2)20(29-4)19(13)28-3/h7-9,12,17H,5-6,24H2,1-4H3. The fourth-order valence-electron chi connectivity index (χ4n) is 4.11. The Bertz CT molecular complexity index is 1150. The number of hydrogen-bond acceptors (Lipinski definition) is 7. The highest BCUT2D eigenvalue weighted by Crippen LogP contribution is 2.49. The fraction of sp³-hybridized carbons (Fsp3) is 0.364. The third kappa shape index (κ3) is 2.86. The molecule has 1 aliphatic heterocycles. The Kier molecular flexibility index (Phi) is 4.82. The summed E-state index contributed by atoms with van der Waals surface area (Å²) in [6.07, 6.45) is 1.90. The van der Waals surface area contributed by atoms with Crippen LogP contribution in [0.3, 0.4) is 0 Å². The van der Waals surface area contributed by atoms with E-state index in [9.17, 15) is 10.1 Å². The number of benzene rings is 1. The molecule has 1 aromatic heterocycles. The van der Waals surface area contributed by atoms with E-state index in [-0.39, 0.29) is 23.1 Å². The van der Waals surface area contributed by atoms with Gasteiger partial charge in [0, 0.05) is 23.4 Å². The monoisotopic (exact) mass is 409 g/mol. The second-order valence-corrected chi connectivity index (χ2v) is 7.32. The van der Waals surface area contributed by atoms with Crippen molar-refractivity contribution in [3.63, 3.8) is 0 Å². The van der Waals surface area contributed by atoms with Crippen LogP contribution in [0.25, 0.3) is 0 Å². The van der Waals surface area contributed by atoms with Gasteiger partial charge >= 0.3 is 0 Å². The number of allylic oxidation sites excluding steroid dienone is 1. The Morgan fingerprint density at radius 3 is 2.43 bits per heavy atom. The Balaban J connectivity index is 2.05. The number of nitrogens with two attached hydrogens (primary N) is 1. The fourth-order valence-corrected chi connectivity index (χ4v) is 4.11. The minimum absolute atomic E-state index is 0.0326. The largest absolute Gasteiger partial charge is 0.493 e. The SMILES string of the molecule is COc1ccc(C2C(C#N)=C(N)Oc3cc(C)n(C4CC4)c(=O)c32)c(OC)c1OC. The van der Waals surface area contributed by atoms with E-state index in [4.69, 9.17) is 24.7 Å². The zero-order valence-electron chi connectivity index (χ0n) is 17.3. The lowest BCUT2D eigenvalue weighted by atomic mass is 9.83. The zero-order chi connectivity index (χ0) is 21.6. The summed E-state index contributed by atoms with van der Waals surface area (Å²) in [7, 11) is 4.52. The molecule has 2 N–H and O–H groups in total. The summed E-state index contributed by atoms with van der Waals surface area (Å²) in [5, 5.41) is 9.87. The molecule has 8 nitrogen and oxygen atoms in total.